The van der Waals surface area contributed by atoms with E-state index in [-0.39, 0.29) is 0 Å². The summed E-state index contributed by atoms with van der Waals surface area (Å²) in [5.41, 5.74) is 2.13. The molecular weight excluding hydrogens is 274 g/mol. The molecule has 0 bridgehead atoms. The number of methoxy groups -OCH3 is 1. The molecule has 2 aromatic rings. The molecule has 0 saturated heterocycles. The Morgan fingerprint density at radius 2 is 2.25 bits per heavy atom. The molecule has 0 atom stereocenters. The summed E-state index contributed by atoms with van der Waals surface area (Å²) >= 11 is 6.35. The number of imidazole rings is 1. The fourth-order valence-electron chi connectivity index (χ4n) is 2.06. The van der Waals surface area contributed by atoms with Crippen molar-refractivity contribution < 1.29 is 4.74 Å². The van der Waals surface area contributed by atoms with Crippen LogP contribution < -0.4 is 5.32 Å². The number of hydrogen-bond donors (Lipinski definition) is 1. The van der Waals surface area contributed by atoms with E-state index in [4.69, 9.17) is 16.3 Å². The fourth-order valence-corrected chi connectivity index (χ4v) is 2.30. The van der Waals surface area contributed by atoms with E-state index in [1.165, 1.54) is 0 Å². The largest absolute Gasteiger partial charge is 0.383 e. The Morgan fingerprint density at radius 1 is 1.40 bits per heavy atom. The molecule has 1 N–H and O–H groups in total. The van der Waals surface area contributed by atoms with Crippen LogP contribution >= 0.6 is 11.6 Å². The Morgan fingerprint density at radius 3 is 2.95 bits per heavy atom. The Bertz CT molecular complexity index is 554. The van der Waals surface area contributed by atoms with Gasteiger partial charge in [-0.25, -0.2) is 4.98 Å². The lowest BCUT2D eigenvalue weighted by molar-refractivity contribution is 0.199. The van der Waals surface area contributed by atoms with Gasteiger partial charge in [0.25, 0.3) is 0 Å². The van der Waals surface area contributed by atoms with Crippen LogP contribution in [0.1, 0.15) is 18.3 Å². The topological polar surface area (TPSA) is 39.1 Å². The van der Waals surface area contributed by atoms with Crippen molar-refractivity contribution in [3.63, 3.8) is 0 Å². The number of halogens is 1. The molecule has 0 radical (unpaired) electrons. The van der Waals surface area contributed by atoms with Crippen molar-refractivity contribution in [2.75, 3.05) is 20.3 Å². The number of ether oxygens (including phenoxy) is 1. The SMILES string of the molecule is CCc1nccn1-c1ccc(CNCCOC)c(Cl)c1. The van der Waals surface area contributed by atoms with Crippen molar-refractivity contribution in [2.24, 2.45) is 0 Å². The zero-order valence-electron chi connectivity index (χ0n) is 11.9. The van der Waals surface area contributed by atoms with E-state index >= 15 is 0 Å². The van der Waals surface area contributed by atoms with E-state index < -0.39 is 0 Å². The summed E-state index contributed by atoms with van der Waals surface area (Å²) in [4.78, 5) is 4.33. The van der Waals surface area contributed by atoms with E-state index in [2.05, 4.69) is 33.9 Å². The van der Waals surface area contributed by atoms with Crippen molar-refractivity contribution in [3.05, 3.63) is 47.0 Å². The zero-order chi connectivity index (χ0) is 14.4. The minimum absolute atomic E-state index is 0.699. The second-order valence-electron chi connectivity index (χ2n) is 4.51. The second kappa shape index (κ2) is 7.43. The van der Waals surface area contributed by atoms with Gasteiger partial charge in [0.05, 0.1) is 6.61 Å². The third kappa shape index (κ3) is 3.60. The van der Waals surface area contributed by atoms with Crippen LogP contribution in [0.5, 0.6) is 0 Å². The number of rotatable bonds is 7. The molecule has 2 rings (SSSR count). The number of benzene rings is 1. The maximum absolute atomic E-state index is 6.35. The Hall–Kier alpha value is -1.36. The van der Waals surface area contributed by atoms with Crippen molar-refractivity contribution >= 4 is 11.6 Å². The molecule has 0 spiro atoms. The van der Waals surface area contributed by atoms with Gasteiger partial charge in [-0.1, -0.05) is 24.6 Å². The summed E-state index contributed by atoms with van der Waals surface area (Å²) in [6, 6.07) is 6.10. The summed E-state index contributed by atoms with van der Waals surface area (Å²) in [5, 5.41) is 4.06. The highest BCUT2D eigenvalue weighted by atomic mass is 35.5. The van der Waals surface area contributed by atoms with Crippen LogP contribution in [-0.2, 0) is 17.7 Å². The summed E-state index contributed by atoms with van der Waals surface area (Å²) in [6.07, 6.45) is 4.67. The molecule has 0 aliphatic carbocycles. The average Bonchev–Trinajstić information content (AvgIpc) is 2.93. The molecule has 1 aromatic heterocycles. The fraction of sp³-hybridized carbons (Fsp3) is 0.400. The van der Waals surface area contributed by atoms with Crippen LogP contribution in [-0.4, -0.2) is 29.8 Å². The molecule has 108 valence electrons. The molecule has 0 amide bonds. The summed E-state index contributed by atoms with van der Waals surface area (Å²) in [7, 11) is 1.69. The van der Waals surface area contributed by atoms with Gasteiger partial charge >= 0.3 is 0 Å². The molecule has 20 heavy (non-hydrogen) atoms. The van der Waals surface area contributed by atoms with Gasteiger partial charge in [0, 0.05) is 49.7 Å². The van der Waals surface area contributed by atoms with Crippen LogP contribution in [0.15, 0.2) is 30.6 Å². The van der Waals surface area contributed by atoms with Crippen LogP contribution in [0.4, 0.5) is 0 Å². The van der Waals surface area contributed by atoms with Crippen LogP contribution in [0.3, 0.4) is 0 Å². The molecular formula is C15H20ClN3O. The van der Waals surface area contributed by atoms with Crippen molar-refractivity contribution in [1.29, 1.82) is 0 Å². The predicted octanol–water partition coefficient (Wildman–Crippen LogP) is 2.82. The molecule has 1 heterocycles. The highest BCUT2D eigenvalue weighted by Crippen LogP contribution is 2.21. The maximum Gasteiger partial charge on any atom is 0.112 e. The number of hydrogen-bond acceptors (Lipinski definition) is 3. The first kappa shape index (κ1) is 15.0. The van der Waals surface area contributed by atoms with Crippen LogP contribution in [0, 0.1) is 0 Å². The maximum atomic E-state index is 6.35. The molecule has 0 aliphatic heterocycles. The monoisotopic (exact) mass is 293 g/mol. The van der Waals surface area contributed by atoms with Crippen LogP contribution in [0.25, 0.3) is 5.69 Å². The normalized spacial score (nSPS) is 10.9. The quantitative estimate of drug-likeness (QED) is 0.798. The highest BCUT2D eigenvalue weighted by molar-refractivity contribution is 6.31. The predicted molar refractivity (Wildman–Crippen MR) is 81.5 cm³/mol. The van der Waals surface area contributed by atoms with E-state index in [1.54, 1.807) is 7.11 Å². The summed E-state index contributed by atoms with van der Waals surface area (Å²) in [5.74, 6) is 1.03. The second-order valence-corrected chi connectivity index (χ2v) is 4.92. The van der Waals surface area contributed by atoms with Crippen molar-refractivity contribution in [2.45, 2.75) is 19.9 Å². The van der Waals surface area contributed by atoms with Gasteiger partial charge in [-0.05, 0) is 17.7 Å². The Labute approximate surface area is 124 Å². The minimum atomic E-state index is 0.699. The molecule has 4 nitrogen and oxygen atoms in total. The first-order valence-corrected chi connectivity index (χ1v) is 7.14. The van der Waals surface area contributed by atoms with E-state index in [0.29, 0.717) is 6.61 Å². The molecule has 5 heteroatoms. The highest BCUT2D eigenvalue weighted by Gasteiger charge is 2.06. The van der Waals surface area contributed by atoms with Crippen molar-refractivity contribution in [3.8, 4) is 5.69 Å². The zero-order valence-corrected chi connectivity index (χ0v) is 12.7. The van der Waals surface area contributed by atoms with Gasteiger partial charge in [-0.2, -0.15) is 0 Å². The number of aryl methyl sites for hydroxylation is 1. The lowest BCUT2D eigenvalue weighted by Crippen LogP contribution is -2.18. The van der Waals surface area contributed by atoms with E-state index in [0.717, 1.165) is 41.6 Å². The van der Waals surface area contributed by atoms with Gasteiger partial charge in [-0.3, -0.25) is 0 Å². The van der Waals surface area contributed by atoms with Gasteiger partial charge in [-0.15, -0.1) is 0 Å². The summed E-state index contributed by atoms with van der Waals surface area (Å²) < 4.78 is 7.06. The average molecular weight is 294 g/mol. The minimum Gasteiger partial charge on any atom is -0.383 e. The Kier molecular flexibility index (Phi) is 5.59. The van der Waals surface area contributed by atoms with Gasteiger partial charge < -0.3 is 14.6 Å². The smallest absolute Gasteiger partial charge is 0.112 e. The number of aromatic nitrogens is 2. The first-order chi connectivity index (χ1) is 9.76. The lowest BCUT2D eigenvalue weighted by atomic mass is 10.2. The van der Waals surface area contributed by atoms with E-state index in [9.17, 15) is 0 Å². The molecule has 0 fully saturated rings. The Balaban J connectivity index is 2.09. The van der Waals surface area contributed by atoms with Crippen LogP contribution in [0.2, 0.25) is 5.02 Å². The lowest BCUT2D eigenvalue weighted by Gasteiger charge is -2.10. The van der Waals surface area contributed by atoms with Gasteiger partial charge in [0.2, 0.25) is 0 Å². The van der Waals surface area contributed by atoms with Gasteiger partial charge in [0.1, 0.15) is 5.82 Å². The molecule has 0 saturated carbocycles. The molecule has 1 aromatic carbocycles. The first-order valence-electron chi connectivity index (χ1n) is 6.77. The third-order valence-electron chi connectivity index (χ3n) is 3.15. The van der Waals surface area contributed by atoms with Crippen molar-refractivity contribution in [1.82, 2.24) is 14.9 Å². The molecule has 0 aliphatic rings. The number of nitrogens with zero attached hydrogens (tertiary/aromatic N) is 2. The van der Waals surface area contributed by atoms with Gasteiger partial charge in [0.15, 0.2) is 0 Å². The standard InChI is InChI=1S/C15H20ClN3O/c1-3-15-18-6-8-19(15)13-5-4-12(14(16)10-13)11-17-7-9-20-2/h4-6,8,10,17H,3,7,9,11H2,1-2H3. The summed E-state index contributed by atoms with van der Waals surface area (Å²) in [6.45, 7) is 4.35. The number of nitrogens with one attached hydrogen (secondary N) is 1. The molecule has 0 unspecified atom stereocenters. The van der Waals surface area contributed by atoms with E-state index in [1.807, 2.05) is 18.5 Å². The third-order valence-corrected chi connectivity index (χ3v) is 3.50.